The lowest BCUT2D eigenvalue weighted by Crippen LogP contribution is -2.36. The van der Waals surface area contributed by atoms with Crippen LogP contribution in [0, 0.1) is 0 Å². The first kappa shape index (κ1) is 15.9. The van der Waals surface area contributed by atoms with Crippen LogP contribution in [0.2, 0.25) is 5.02 Å². The molecule has 1 amide bonds. The van der Waals surface area contributed by atoms with Gasteiger partial charge < -0.3 is 10.6 Å². The number of benzene rings is 1. The second kappa shape index (κ2) is 7.02. The highest BCUT2D eigenvalue weighted by molar-refractivity contribution is 7.09. The molecule has 0 saturated carbocycles. The molecule has 1 aromatic carbocycles. The first-order valence-electron chi connectivity index (χ1n) is 6.71. The summed E-state index contributed by atoms with van der Waals surface area (Å²) in [5.74, 6) is -0.0825. The quantitative estimate of drug-likeness (QED) is 0.918. The lowest BCUT2D eigenvalue weighted by atomic mass is 10.2. The van der Waals surface area contributed by atoms with E-state index in [4.69, 9.17) is 17.3 Å². The van der Waals surface area contributed by atoms with Crippen molar-refractivity contribution >= 4 is 28.8 Å². The summed E-state index contributed by atoms with van der Waals surface area (Å²) in [6.45, 7) is 4.83. The molecular weight excluding hydrogens is 306 g/mol. The number of rotatable bonds is 5. The molecule has 112 valence electrons. The van der Waals surface area contributed by atoms with Crippen LogP contribution in [0.1, 0.15) is 34.9 Å². The maximum absolute atomic E-state index is 12.6. The van der Waals surface area contributed by atoms with E-state index in [0.717, 1.165) is 10.6 Å². The summed E-state index contributed by atoms with van der Waals surface area (Å²) in [6, 6.07) is 7.60. The van der Waals surface area contributed by atoms with Crippen LogP contribution in [0.4, 0.5) is 0 Å². The Bertz CT molecular complexity index is 627. The zero-order valence-corrected chi connectivity index (χ0v) is 13.6. The highest BCUT2D eigenvalue weighted by Gasteiger charge is 2.21. The van der Waals surface area contributed by atoms with Crippen LogP contribution < -0.4 is 5.73 Å². The molecule has 6 heteroatoms. The number of aromatic nitrogens is 1. The molecule has 4 nitrogen and oxygen atoms in total. The summed E-state index contributed by atoms with van der Waals surface area (Å²) >= 11 is 7.41. The molecule has 2 aromatic rings. The molecule has 0 aliphatic rings. The van der Waals surface area contributed by atoms with Crippen LogP contribution in [0.3, 0.4) is 0 Å². The minimum absolute atomic E-state index is 0.0690. The van der Waals surface area contributed by atoms with Gasteiger partial charge in [0.2, 0.25) is 0 Å². The third-order valence-electron chi connectivity index (χ3n) is 3.07. The molecule has 0 aliphatic carbocycles. The van der Waals surface area contributed by atoms with Crippen LogP contribution in [-0.2, 0) is 13.1 Å². The number of hydrogen-bond acceptors (Lipinski definition) is 4. The zero-order chi connectivity index (χ0) is 15.4. The van der Waals surface area contributed by atoms with Crippen molar-refractivity contribution in [2.75, 3.05) is 0 Å². The minimum atomic E-state index is -0.0825. The van der Waals surface area contributed by atoms with E-state index in [9.17, 15) is 4.79 Å². The fourth-order valence-corrected chi connectivity index (χ4v) is 2.83. The van der Waals surface area contributed by atoms with Crippen molar-refractivity contribution in [1.29, 1.82) is 0 Å². The summed E-state index contributed by atoms with van der Waals surface area (Å²) in [5.41, 5.74) is 7.00. The van der Waals surface area contributed by atoms with Gasteiger partial charge >= 0.3 is 0 Å². The van der Waals surface area contributed by atoms with Crippen LogP contribution in [-0.4, -0.2) is 21.8 Å². The first-order valence-corrected chi connectivity index (χ1v) is 7.97. The van der Waals surface area contributed by atoms with E-state index in [0.29, 0.717) is 23.8 Å². The Balaban J connectivity index is 2.20. The lowest BCUT2D eigenvalue weighted by Gasteiger charge is -2.26. The Morgan fingerprint density at radius 1 is 1.48 bits per heavy atom. The van der Waals surface area contributed by atoms with E-state index >= 15 is 0 Å². The molecular formula is C15H18ClN3OS. The van der Waals surface area contributed by atoms with Gasteiger partial charge in [-0.3, -0.25) is 4.79 Å². The number of nitrogens with zero attached hydrogens (tertiary/aromatic N) is 2. The summed E-state index contributed by atoms with van der Waals surface area (Å²) in [7, 11) is 0. The van der Waals surface area contributed by atoms with Gasteiger partial charge in [0, 0.05) is 29.5 Å². The number of carbonyl (C=O) groups is 1. The van der Waals surface area contributed by atoms with Gasteiger partial charge in [-0.1, -0.05) is 23.7 Å². The monoisotopic (exact) mass is 323 g/mol. The molecule has 1 aromatic heterocycles. The van der Waals surface area contributed by atoms with Crippen molar-refractivity contribution in [3.8, 4) is 0 Å². The molecule has 2 rings (SSSR count). The summed E-state index contributed by atoms with van der Waals surface area (Å²) < 4.78 is 0. The van der Waals surface area contributed by atoms with Gasteiger partial charge in [-0.15, -0.1) is 11.3 Å². The molecule has 0 aliphatic heterocycles. The Labute approximate surface area is 133 Å². The van der Waals surface area contributed by atoms with Gasteiger partial charge in [-0.25, -0.2) is 4.98 Å². The molecule has 2 N–H and O–H groups in total. The van der Waals surface area contributed by atoms with Gasteiger partial charge in [-0.2, -0.15) is 0 Å². The molecule has 0 radical (unpaired) electrons. The highest BCUT2D eigenvalue weighted by Crippen LogP contribution is 2.18. The Kier molecular flexibility index (Phi) is 5.33. The number of hydrogen-bond donors (Lipinski definition) is 1. The van der Waals surface area contributed by atoms with Crippen LogP contribution in [0.5, 0.6) is 0 Å². The van der Waals surface area contributed by atoms with Crippen molar-refractivity contribution < 1.29 is 4.79 Å². The predicted octanol–water partition coefficient (Wildman–Crippen LogP) is 3.31. The van der Waals surface area contributed by atoms with Gasteiger partial charge in [-0.05, 0) is 31.5 Å². The van der Waals surface area contributed by atoms with Gasteiger partial charge in [0.15, 0.2) is 0 Å². The Morgan fingerprint density at radius 3 is 2.81 bits per heavy atom. The van der Waals surface area contributed by atoms with Crippen molar-refractivity contribution in [3.63, 3.8) is 0 Å². The van der Waals surface area contributed by atoms with Crippen molar-refractivity contribution in [3.05, 3.63) is 50.9 Å². The number of amides is 1. The zero-order valence-electron chi connectivity index (χ0n) is 12.0. The molecule has 21 heavy (non-hydrogen) atoms. The standard InChI is InChI=1S/C15H18ClN3OS/c1-10(2)19(8-11-4-3-5-12(16)6-11)15(20)13-9-21-14(7-17)18-13/h3-6,9-10H,7-8,17H2,1-2H3. The van der Waals surface area contributed by atoms with Crippen LogP contribution >= 0.6 is 22.9 Å². The minimum Gasteiger partial charge on any atom is -0.331 e. The molecule has 0 fully saturated rings. The topological polar surface area (TPSA) is 59.2 Å². The molecule has 0 spiro atoms. The summed E-state index contributed by atoms with van der Waals surface area (Å²) in [5, 5.41) is 3.20. The van der Waals surface area contributed by atoms with E-state index in [2.05, 4.69) is 4.98 Å². The second-order valence-corrected chi connectivity index (χ2v) is 6.37. The maximum atomic E-state index is 12.6. The van der Waals surface area contributed by atoms with E-state index in [1.165, 1.54) is 11.3 Å². The first-order chi connectivity index (χ1) is 10.0. The Morgan fingerprint density at radius 2 is 2.24 bits per heavy atom. The normalized spacial score (nSPS) is 10.9. The van der Waals surface area contributed by atoms with Crippen LogP contribution in [0.15, 0.2) is 29.6 Å². The molecule has 1 heterocycles. The molecule has 0 saturated heterocycles. The molecule has 0 atom stereocenters. The predicted molar refractivity (Wildman–Crippen MR) is 86.5 cm³/mol. The van der Waals surface area contributed by atoms with E-state index in [1.807, 2.05) is 38.1 Å². The average molecular weight is 324 g/mol. The molecule has 0 bridgehead atoms. The van der Waals surface area contributed by atoms with Gasteiger partial charge in [0.25, 0.3) is 5.91 Å². The summed E-state index contributed by atoms with van der Waals surface area (Å²) in [6.07, 6.45) is 0. The van der Waals surface area contributed by atoms with E-state index in [-0.39, 0.29) is 11.9 Å². The van der Waals surface area contributed by atoms with Gasteiger partial charge in [0.1, 0.15) is 10.7 Å². The smallest absolute Gasteiger partial charge is 0.273 e. The van der Waals surface area contributed by atoms with E-state index < -0.39 is 0 Å². The SMILES string of the molecule is CC(C)N(Cc1cccc(Cl)c1)C(=O)c1csc(CN)n1. The maximum Gasteiger partial charge on any atom is 0.273 e. The van der Waals surface area contributed by atoms with Crippen molar-refractivity contribution in [1.82, 2.24) is 9.88 Å². The highest BCUT2D eigenvalue weighted by atomic mass is 35.5. The van der Waals surface area contributed by atoms with Gasteiger partial charge in [0.05, 0.1) is 0 Å². The second-order valence-electron chi connectivity index (χ2n) is 4.99. The average Bonchev–Trinajstić information content (AvgIpc) is 2.93. The number of thiazole rings is 1. The number of halogens is 1. The summed E-state index contributed by atoms with van der Waals surface area (Å²) in [4.78, 5) is 18.6. The third kappa shape index (κ3) is 4.03. The fourth-order valence-electron chi connectivity index (χ4n) is 1.97. The van der Waals surface area contributed by atoms with Crippen molar-refractivity contribution in [2.45, 2.75) is 33.0 Å². The van der Waals surface area contributed by atoms with Crippen molar-refractivity contribution in [2.24, 2.45) is 5.73 Å². The lowest BCUT2D eigenvalue weighted by molar-refractivity contribution is 0.0685. The third-order valence-corrected chi connectivity index (χ3v) is 4.18. The van der Waals surface area contributed by atoms with Crippen LogP contribution in [0.25, 0.3) is 0 Å². The fraction of sp³-hybridized carbons (Fsp3) is 0.333. The molecule has 0 unspecified atom stereocenters. The largest absolute Gasteiger partial charge is 0.331 e. The Hall–Kier alpha value is -1.43. The number of carbonyl (C=O) groups excluding carboxylic acids is 1. The number of nitrogens with two attached hydrogens (primary N) is 1. The van der Waals surface area contributed by atoms with E-state index in [1.54, 1.807) is 10.3 Å².